The summed E-state index contributed by atoms with van der Waals surface area (Å²) in [5.41, 5.74) is 4.43. The SMILES string of the molecule is O=C(N[C@H](CCc1ccc(F)cc1F)C(=O)O)OCC1c2ccccc2-c2ccccc21. The fraction of sp³-hybridized carbons (Fsp3) is 0.200. The molecule has 0 aliphatic heterocycles. The van der Waals surface area contributed by atoms with E-state index in [0.717, 1.165) is 34.4 Å². The molecule has 1 amide bonds. The highest BCUT2D eigenvalue weighted by Crippen LogP contribution is 2.44. The zero-order chi connectivity index (χ0) is 22.7. The predicted octanol–water partition coefficient (Wildman–Crippen LogP) is 4.89. The minimum absolute atomic E-state index is 0.0206. The van der Waals surface area contributed by atoms with E-state index in [4.69, 9.17) is 4.74 Å². The predicted molar refractivity (Wildman–Crippen MR) is 114 cm³/mol. The van der Waals surface area contributed by atoms with Gasteiger partial charge in [0.2, 0.25) is 0 Å². The van der Waals surface area contributed by atoms with Crippen LogP contribution < -0.4 is 5.32 Å². The number of rotatable bonds is 7. The molecule has 0 radical (unpaired) electrons. The first-order valence-electron chi connectivity index (χ1n) is 10.2. The summed E-state index contributed by atoms with van der Waals surface area (Å²) in [6, 6.07) is 17.6. The van der Waals surface area contributed by atoms with Crippen LogP contribution in [0, 0.1) is 11.6 Å². The van der Waals surface area contributed by atoms with Crippen LogP contribution in [0.15, 0.2) is 66.7 Å². The van der Waals surface area contributed by atoms with Crippen LogP contribution in [-0.2, 0) is 16.0 Å². The monoisotopic (exact) mass is 437 g/mol. The number of carbonyl (C=O) groups is 2. The largest absolute Gasteiger partial charge is 0.480 e. The van der Waals surface area contributed by atoms with E-state index in [-0.39, 0.29) is 30.9 Å². The molecule has 0 spiro atoms. The van der Waals surface area contributed by atoms with E-state index in [9.17, 15) is 23.5 Å². The van der Waals surface area contributed by atoms with Gasteiger partial charge in [0.15, 0.2) is 0 Å². The van der Waals surface area contributed by atoms with Gasteiger partial charge in [-0.1, -0.05) is 54.6 Å². The van der Waals surface area contributed by atoms with E-state index in [1.807, 2.05) is 48.5 Å². The Labute approximate surface area is 183 Å². The van der Waals surface area contributed by atoms with Gasteiger partial charge < -0.3 is 15.2 Å². The van der Waals surface area contributed by atoms with Gasteiger partial charge in [0, 0.05) is 12.0 Å². The van der Waals surface area contributed by atoms with E-state index in [2.05, 4.69) is 5.32 Å². The Balaban J connectivity index is 1.39. The molecule has 32 heavy (non-hydrogen) atoms. The van der Waals surface area contributed by atoms with Crippen molar-refractivity contribution in [1.82, 2.24) is 5.32 Å². The number of hydrogen-bond acceptors (Lipinski definition) is 3. The first-order chi connectivity index (χ1) is 15.4. The average Bonchev–Trinajstić information content (AvgIpc) is 3.10. The molecule has 164 valence electrons. The molecule has 3 aromatic rings. The van der Waals surface area contributed by atoms with Crippen LogP contribution in [-0.4, -0.2) is 29.8 Å². The maximum atomic E-state index is 13.8. The highest BCUT2D eigenvalue weighted by Gasteiger charge is 2.29. The number of carboxylic acid groups (broad SMARTS) is 1. The average molecular weight is 437 g/mol. The molecule has 5 nitrogen and oxygen atoms in total. The third kappa shape index (κ3) is 4.46. The summed E-state index contributed by atoms with van der Waals surface area (Å²) >= 11 is 0. The lowest BCUT2D eigenvalue weighted by Gasteiger charge is -2.17. The molecule has 0 heterocycles. The second-order valence-corrected chi connectivity index (χ2v) is 7.64. The molecule has 0 saturated heterocycles. The number of carbonyl (C=O) groups excluding carboxylic acids is 1. The Morgan fingerprint density at radius 3 is 2.19 bits per heavy atom. The van der Waals surface area contributed by atoms with Gasteiger partial charge in [0.1, 0.15) is 24.3 Å². The number of fused-ring (bicyclic) bond motifs is 3. The van der Waals surface area contributed by atoms with Crippen molar-refractivity contribution in [2.45, 2.75) is 24.8 Å². The van der Waals surface area contributed by atoms with Gasteiger partial charge in [-0.2, -0.15) is 0 Å². The molecule has 2 N–H and O–H groups in total. The quantitative estimate of drug-likeness (QED) is 0.552. The molecule has 0 bridgehead atoms. The first-order valence-corrected chi connectivity index (χ1v) is 10.2. The van der Waals surface area contributed by atoms with Crippen molar-refractivity contribution in [3.05, 3.63) is 95.1 Å². The molecule has 0 aromatic heterocycles. The molecule has 3 aromatic carbocycles. The normalized spacial score (nSPS) is 13.2. The van der Waals surface area contributed by atoms with Gasteiger partial charge in [0.25, 0.3) is 0 Å². The van der Waals surface area contributed by atoms with Crippen LogP contribution in [0.3, 0.4) is 0 Å². The molecule has 0 fully saturated rings. The molecule has 7 heteroatoms. The lowest BCUT2D eigenvalue weighted by atomic mass is 9.98. The van der Waals surface area contributed by atoms with Gasteiger partial charge in [-0.3, -0.25) is 0 Å². The Morgan fingerprint density at radius 2 is 1.59 bits per heavy atom. The van der Waals surface area contributed by atoms with Crippen LogP contribution in [0.4, 0.5) is 13.6 Å². The third-order valence-corrected chi connectivity index (χ3v) is 5.65. The number of carboxylic acids is 1. The molecule has 1 aliphatic rings. The summed E-state index contributed by atoms with van der Waals surface area (Å²) in [6.07, 6.45) is -0.909. The lowest BCUT2D eigenvalue weighted by molar-refractivity contribution is -0.139. The lowest BCUT2D eigenvalue weighted by Crippen LogP contribution is -2.41. The van der Waals surface area contributed by atoms with Gasteiger partial charge in [-0.25, -0.2) is 18.4 Å². The van der Waals surface area contributed by atoms with E-state index in [1.54, 1.807) is 0 Å². The minimum Gasteiger partial charge on any atom is -0.480 e. The molecular formula is C25H21F2NO4. The Morgan fingerprint density at radius 1 is 0.969 bits per heavy atom. The van der Waals surface area contributed by atoms with Gasteiger partial charge in [-0.05, 0) is 46.7 Å². The highest BCUT2D eigenvalue weighted by atomic mass is 19.1. The van der Waals surface area contributed by atoms with Crippen molar-refractivity contribution in [2.75, 3.05) is 6.61 Å². The number of halogens is 2. The molecule has 1 atom stereocenters. The molecular weight excluding hydrogens is 416 g/mol. The Bertz CT molecular complexity index is 1120. The molecule has 1 aliphatic carbocycles. The van der Waals surface area contributed by atoms with Crippen molar-refractivity contribution in [3.63, 3.8) is 0 Å². The maximum absolute atomic E-state index is 13.8. The fourth-order valence-corrected chi connectivity index (χ4v) is 4.06. The number of aliphatic carboxylic acids is 1. The summed E-state index contributed by atoms with van der Waals surface area (Å²) < 4.78 is 32.2. The zero-order valence-corrected chi connectivity index (χ0v) is 17.1. The van der Waals surface area contributed by atoms with E-state index >= 15 is 0 Å². The number of aryl methyl sites for hydroxylation is 1. The minimum atomic E-state index is -1.27. The van der Waals surface area contributed by atoms with Crippen LogP contribution in [0.5, 0.6) is 0 Å². The van der Waals surface area contributed by atoms with Crippen molar-refractivity contribution < 1.29 is 28.2 Å². The van der Waals surface area contributed by atoms with Crippen LogP contribution in [0.2, 0.25) is 0 Å². The summed E-state index contributed by atoms with van der Waals surface area (Å²) in [5, 5.41) is 11.8. The number of nitrogens with one attached hydrogen (secondary N) is 1. The topological polar surface area (TPSA) is 75.6 Å². The Kier molecular flexibility index (Phi) is 6.16. The summed E-state index contributed by atoms with van der Waals surface area (Å²) in [7, 11) is 0. The zero-order valence-electron chi connectivity index (χ0n) is 17.1. The number of benzene rings is 3. The van der Waals surface area contributed by atoms with Gasteiger partial charge >= 0.3 is 12.1 Å². The third-order valence-electron chi connectivity index (χ3n) is 5.65. The van der Waals surface area contributed by atoms with Crippen molar-refractivity contribution in [2.24, 2.45) is 0 Å². The highest BCUT2D eigenvalue weighted by molar-refractivity contribution is 5.81. The smallest absolute Gasteiger partial charge is 0.407 e. The van der Waals surface area contributed by atoms with Crippen LogP contribution in [0.25, 0.3) is 11.1 Å². The van der Waals surface area contributed by atoms with Crippen molar-refractivity contribution in [3.8, 4) is 11.1 Å². The standard InChI is InChI=1S/C25H21F2NO4/c26-16-11-9-15(22(27)13-16)10-12-23(24(29)30)28-25(31)32-14-21-19-7-3-1-5-17(19)18-6-2-4-8-20(18)21/h1-9,11,13,21,23H,10,12,14H2,(H,28,31)(H,29,30)/t23-/m1/s1. The maximum Gasteiger partial charge on any atom is 0.407 e. The molecule has 4 rings (SSSR count). The van der Waals surface area contributed by atoms with Crippen molar-refractivity contribution >= 4 is 12.1 Å². The van der Waals surface area contributed by atoms with Crippen LogP contribution in [0.1, 0.15) is 29.0 Å². The second kappa shape index (κ2) is 9.18. The van der Waals surface area contributed by atoms with Crippen LogP contribution >= 0.6 is 0 Å². The number of ether oxygens (including phenoxy) is 1. The van der Waals surface area contributed by atoms with E-state index < -0.39 is 29.7 Å². The fourth-order valence-electron chi connectivity index (χ4n) is 4.06. The summed E-state index contributed by atoms with van der Waals surface area (Å²) in [4.78, 5) is 23.9. The molecule has 0 unspecified atom stereocenters. The van der Waals surface area contributed by atoms with Crippen molar-refractivity contribution in [1.29, 1.82) is 0 Å². The number of alkyl carbamates (subject to hydrolysis) is 1. The summed E-state index contributed by atoms with van der Waals surface area (Å²) in [5.74, 6) is -2.88. The number of amides is 1. The first kappa shape index (κ1) is 21.5. The van der Waals surface area contributed by atoms with Gasteiger partial charge in [0.05, 0.1) is 0 Å². The Hall–Kier alpha value is -3.74. The number of hydrogen-bond donors (Lipinski definition) is 2. The molecule has 0 saturated carbocycles. The van der Waals surface area contributed by atoms with E-state index in [1.165, 1.54) is 6.07 Å². The second-order valence-electron chi connectivity index (χ2n) is 7.64. The summed E-state index contributed by atoms with van der Waals surface area (Å²) in [6.45, 7) is 0.0544. The van der Waals surface area contributed by atoms with Gasteiger partial charge in [-0.15, -0.1) is 0 Å². The van der Waals surface area contributed by atoms with E-state index in [0.29, 0.717) is 0 Å².